The summed E-state index contributed by atoms with van der Waals surface area (Å²) in [7, 11) is 0. The molecule has 0 aliphatic carbocycles. The van der Waals surface area contributed by atoms with Crippen LogP contribution in [0.2, 0.25) is 0 Å². The molecule has 0 unspecified atom stereocenters. The van der Waals surface area contributed by atoms with Crippen LogP contribution < -0.4 is 5.32 Å². The number of aryl methyl sites for hydroxylation is 1. The van der Waals surface area contributed by atoms with Crippen LogP contribution in [0, 0.1) is 6.92 Å². The Morgan fingerprint density at radius 1 is 1.44 bits per heavy atom. The maximum Gasteiger partial charge on any atom is 0.140 e. The van der Waals surface area contributed by atoms with E-state index in [4.69, 9.17) is 4.74 Å². The highest BCUT2D eigenvalue weighted by Crippen LogP contribution is 2.22. The normalized spacial score (nSPS) is 16.8. The third kappa shape index (κ3) is 3.93. The number of aromatic nitrogens is 1. The van der Waals surface area contributed by atoms with Gasteiger partial charge in [0.25, 0.3) is 0 Å². The van der Waals surface area contributed by atoms with Gasteiger partial charge in [-0.15, -0.1) is 0 Å². The Hall–Kier alpha value is -0.650. The SMILES string of the molecule is Cc1ccnc(NCCCN2CCOCC2)c1Br. The Labute approximate surface area is 117 Å². The van der Waals surface area contributed by atoms with Crippen LogP contribution in [0.4, 0.5) is 5.82 Å². The van der Waals surface area contributed by atoms with Crippen molar-refractivity contribution in [3.8, 4) is 0 Å². The molecule has 1 aromatic heterocycles. The van der Waals surface area contributed by atoms with E-state index in [9.17, 15) is 0 Å². The number of ether oxygens (including phenoxy) is 1. The van der Waals surface area contributed by atoms with Crippen molar-refractivity contribution < 1.29 is 4.74 Å². The lowest BCUT2D eigenvalue weighted by molar-refractivity contribution is 0.0378. The lowest BCUT2D eigenvalue weighted by Crippen LogP contribution is -2.37. The van der Waals surface area contributed by atoms with Gasteiger partial charge in [-0.2, -0.15) is 0 Å². The van der Waals surface area contributed by atoms with Crippen LogP contribution in [0.5, 0.6) is 0 Å². The molecule has 100 valence electrons. The van der Waals surface area contributed by atoms with Crippen molar-refractivity contribution in [2.75, 3.05) is 44.7 Å². The molecule has 5 heteroatoms. The second-order valence-corrected chi connectivity index (χ2v) is 5.32. The molecule has 1 N–H and O–H groups in total. The summed E-state index contributed by atoms with van der Waals surface area (Å²) >= 11 is 3.56. The largest absolute Gasteiger partial charge is 0.379 e. The van der Waals surface area contributed by atoms with Gasteiger partial charge < -0.3 is 10.1 Å². The molecule has 18 heavy (non-hydrogen) atoms. The van der Waals surface area contributed by atoms with Gasteiger partial charge in [-0.05, 0) is 47.4 Å². The zero-order chi connectivity index (χ0) is 12.8. The smallest absolute Gasteiger partial charge is 0.140 e. The van der Waals surface area contributed by atoms with E-state index >= 15 is 0 Å². The molecule has 0 atom stereocenters. The molecule has 0 radical (unpaired) electrons. The van der Waals surface area contributed by atoms with Crippen LogP contribution in [-0.4, -0.2) is 49.3 Å². The van der Waals surface area contributed by atoms with E-state index in [1.165, 1.54) is 5.56 Å². The van der Waals surface area contributed by atoms with Gasteiger partial charge in [0.15, 0.2) is 0 Å². The number of hydrogen-bond donors (Lipinski definition) is 1. The fraction of sp³-hybridized carbons (Fsp3) is 0.615. The van der Waals surface area contributed by atoms with E-state index in [1.54, 1.807) is 0 Å². The Kier molecular flexibility index (Phi) is 5.41. The topological polar surface area (TPSA) is 37.4 Å². The first kappa shape index (κ1) is 13.8. The van der Waals surface area contributed by atoms with Crippen molar-refractivity contribution in [3.05, 3.63) is 22.3 Å². The summed E-state index contributed by atoms with van der Waals surface area (Å²) < 4.78 is 6.40. The predicted molar refractivity (Wildman–Crippen MR) is 77.0 cm³/mol. The maximum atomic E-state index is 5.33. The molecule has 0 amide bonds. The molecule has 4 nitrogen and oxygen atoms in total. The van der Waals surface area contributed by atoms with Crippen molar-refractivity contribution >= 4 is 21.7 Å². The summed E-state index contributed by atoms with van der Waals surface area (Å²) in [6, 6.07) is 2.00. The Morgan fingerprint density at radius 2 is 2.22 bits per heavy atom. The van der Waals surface area contributed by atoms with Gasteiger partial charge in [-0.3, -0.25) is 4.90 Å². The van der Waals surface area contributed by atoms with Gasteiger partial charge >= 0.3 is 0 Å². The quantitative estimate of drug-likeness (QED) is 0.846. The highest BCUT2D eigenvalue weighted by molar-refractivity contribution is 9.10. The molecule has 1 aliphatic rings. The number of rotatable bonds is 5. The molecule has 0 spiro atoms. The average Bonchev–Trinajstić information content (AvgIpc) is 2.40. The molecule has 0 bridgehead atoms. The van der Waals surface area contributed by atoms with Gasteiger partial charge in [-0.25, -0.2) is 4.98 Å². The lowest BCUT2D eigenvalue weighted by atomic mass is 10.3. The van der Waals surface area contributed by atoms with Crippen molar-refractivity contribution in [1.82, 2.24) is 9.88 Å². The first-order chi connectivity index (χ1) is 8.77. The van der Waals surface area contributed by atoms with E-state index in [-0.39, 0.29) is 0 Å². The summed E-state index contributed by atoms with van der Waals surface area (Å²) in [6.07, 6.45) is 2.96. The average molecular weight is 314 g/mol. The summed E-state index contributed by atoms with van der Waals surface area (Å²) in [6.45, 7) is 8.02. The number of pyridine rings is 1. The fourth-order valence-electron chi connectivity index (χ4n) is 2.00. The molecule has 1 fully saturated rings. The van der Waals surface area contributed by atoms with Gasteiger partial charge in [0, 0.05) is 25.8 Å². The van der Waals surface area contributed by atoms with Crippen molar-refractivity contribution in [2.45, 2.75) is 13.3 Å². The molecule has 2 heterocycles. The van der Waals surface area contributed by atoms with Crippen LogP contribution >= 0.6 is 15.9 Å². The molecule has 1 aliphatic heterocycles. The van der Waals surface area contributed by atoms with Gasteiger partial charge in [0.2, 0.25) is 0 Å². The second kappa shape index (κ2) is 7.07. The van der Waals surface area contributed by atoms with E-state index in [0.717, 1.165) is 56.1 Å². The van der Waals surface area contributed by atoms with Crippen molar-refractivity contribution in [3.63, 3.8) is 0 Å². The second-order valence-electron chi connectivity index (χ2n) is 4.52. The summed E-state index contributed by atoms with van der Waals surface area (Å²) in [4.78, 5) is 6.78. The Balaban J connectivity index is 1.70. The van der Waals surface area contributed by atoms with Gasteiger partial charge in [-0.1, -0.05) is 0 Å². The molecule has 2 rings (SSSR count). The maximum absolute atomic E-state index is 5.33. The summed E-state index contributed by atoms with van der Waals surface area (Å²) in [5.74, 6) is 0.942. The molecular weight excluding hydrogens is 294 g/mol. The van der Waals surface area contributed by atoms with Crippen LogP contribution in [-0.2, 0) is 4.74 Å². The molecule has 0 aromatic carbocycles. The van der Waals surface area contributed by atoms with Crippen LogP contribution in [0.1, 0.15) is 12.0 Å². The van der Waals surface area contributed by atoms with E-state index < -0.39 is 0 Å². The minimum atomic E-state index is 0.873. The monoisotopic (exact) mass is 313 g/mol. The van der Waals surface area contributed by atoms with E-state index in [2.05, 4.69) is 38.1 Å². The van der Waals surface area contributed by atoms with Crippen LogP contribution in [0.3, 0.4) is 0 Å². The van der Waals surface area contributed by atoms with Gasteiger partial charge in [0.05, 0.1) is 17.7 Å². The molecule has 0 saturated carbocycles. The van der Waals surface area contributed by atoms with E-state index in [1.807, 2.05) is 12.3 Å². The highest BCUT2D eigenvalue weighted by atomic mass is 79.9. The fourth-order valence-corrected chi connectivity index (χ4v) is 2.37. The zero-order valence-electron chi connectivity index (χ0n) is 10.8. The predicted octanol–water partition coefficient (Wildman–Crippen LogP) is 2.29. The number of anilines is 1. The lowest BCUT2D eigenvalue weighted by Gasteiger charge is -2.26. The van der Waals surface area contributed by atoms with E-state index in [0.29, 0.717) is 0 Å². The molecular formula is C13H20BrN3O. The molecule has 1 saturated heterocycles. The first-order valence-corrected chi connectivity index (χ1v) is 7.22. The number of nitrogens with one attached hydrogen (secondary N) is 1. The van der Waals surface area contributed by atoms with Crippen LogP contribution in [0.15, 0.2) is 16.7 Å². The van der Waals surface area contributed by atoms with Crippen molar-refractivity contribution in [2.24, 2.45) is 0 Å². The number of hydrogen-bond acceptors (Lipinski definition) is 4. The Bertz CT molecular complexity index is 380. The summed E-state index contributed by atoms with van der Waals surface area (Å²) in [5, 5.41) is 3.38. The number of nitrogens with zero attached hydrogens (tertiary/aromatic N) is 2. The Morgan fingerprint density at radius 3 is 3.00 bits per heavy atom. The minimum absolute atomic E-state index is 0.873. The minimum Gasteiger partial charge on any atom is -0.379 e. The van der Waals surface area contributed by atoms with Crippen LogP contribution in [0.25, 0.3) is 0 Å². The first-order valence-electron chi connectivity index (χ1n) is 6.42. The number of halogens is 1. The van der Waals surface area contributed by atoms with Gasteiger partial charge in [0.1, 0.15) is 5.82 Å². The highest BCUT2D eigenvalue weighted by Gasteiger charge is 2.09. The third-order valence-electron chi connectivity index (χ3n) is 3.13. The van der Waals surface area contributed by atoms with Crippen molar-refractivity contribution in [1.29, 1.82) is 0 Å². The standard InChI is InChI=1S/C13H20BrN3O/c1-11-3-5-16-13(12(11)14)15-4-2-6-17-7-9-18-10-8-17/h3,5H,2,4,6-10H2,1H3,(H,15,16). The third-order valence-corrected chi connectivity index (χ3v) is 4.13. The molecule has 1 aromatic rings. The zero-order valence-corrected chi connectivity index (χ0v) is 12.4. The summed E-state index contributed by atoms with van der Waals surface area (Å²) in [5.41, 5.74) is 1.21. The number of morpholine rings is 1.